The van der Waals surface area contributed by atoms with Crippen LogP contribution in [0.4, 0.5) is 5.69 Å². The zero-order valence-corrected chi connectivity index (χ0v) is 6.81. The second kappa shape index (κ2) is 3.27. The van der Waals surface area contributed by atoms with E-state index in [4.69, 9.17) is 16.9 Å². The average molecular weight is 167 g/mol. The SMILES string of the molecule is Cc1ccc(NC#N)cc1Cl. The molecule has 2 nitrogen and oxygen atoms in total. The lowest BCUT2D eigenvalue weighted by Gasteiger charge is -1.99. The van der Waals surface area contributed by atoms with Crippen molar-refractivity contribution in [1.29, 1.82) is 5.26 Å². The molecule has 56 valence electrons. The maximum Gasteiger partial charge on any atom is 0.181 e. The first-order valence-corrected chi connectivity index (χ1v) is 3.53. The van der Waals surface area contributed by atoms with Crippen LogP contribution in [0.3, 0.4) is 0 Å². The summed E-state index contributed by atoms with van der Waals surface area (Å²) >= 11 is 5.80. The van der Waals surface area contributed by atoms with Crippen molar-refractivity contribution in [3.63, 3.8) is 0 Å². The quantitative estimate of drug-likeness (QED) is 0.514. The van der Waals surface area contributed by atoms with E-state index in [9.17, 15) is 0 Å². The van der Waals surface area contributed by atoms with E-state index in [1.54, 1.807) is 6.07 Å². The van der Waals surface area contributed by atoms with Crippen LogP contribution in [0.15, 0.2) is 18.2 Å². The predicted octanol–water partition coefficient (Wildman–Crippen LogP) is 2.54. The van der Waals surface area contributed by atoms with Crippen molar-refractivity contribution in [2.75, 3.05) is 5.32 Å². The Morgan fingerprint density at radius 1 is 1.55 bits per heavy atom. The van der Waals surface area contributed by atoms with Crippen molar-refractivity contribution in [3.8, 4) is 6.19 Å². The summed E-state index contributed by atoms with van der Waals surface area (Å²) in [5.74, 6) is 0. The second-order valence-corrected chi connectivity index (χ2v) is 2.61. The average Bonchev–Trinajstić information content (AvgIpc) is 1.98. The van der Waals surface area contributed by atoms with Crippen LogP contribution in [0.5, 0.6) is 0 Å². The molecule has 0 aliphatic heterocycles. The number of nitrogens with zero attached hydrogens (tertiary/aromatic N) is 1. The molecule has 0 unspecified atom stereocenters. The Morgan fingerprint density at radius 3 is 2.82 bits per heavy atom. The number of hydrogen-bond acceptors (Lipinski definition) is 2. The third-order valence-electron chi connectivity index (χ3n) is 1.37. The van der Waals surface area contributed by atoms with E-state index < -0.39 is 0 Å². The summed E-state index contributed by atoms with van der Waals surface area (Å²) in [6.45, 7) is 1.92. The van der Waals surface area contributed by atoms with Crippen LogP contribution in [-0.4, -0.2) is 0 Å². The molecule has 1 N–H and O–H groups in total. The number of rotatable bonds is 1. The zero-order chi connectivity index (χ0) is 8.27. The highest BCUT2D eigenvalue weighted by Gasteiger charge is 1.95. The molecule has 0 saturated carbocycles. The third-order valence-corrected chi connectivity index (χ3v) is 1.78. The summed E-state index contributed by atoms with van der Waals surface area (Å²) in [5.41, 5.74) is 1.73. The van der Waals surface area contributed by atoms with Gasteiger partial charge in [0.15, 0.2) is 6.19 Å². The lowest BCUT2D eigenvalue weighted by atomic mass is 10.2. The van der Waals surface area contributed by atoms with Gasteiger partial charge in [0.25, 0.3) is 0 Å². The molecule has 0 spiro atoms. The van der Waals surface area contributed by atoms with E-state index in [2.05, 4.69) is 5.32 Å². The van der Waals surface area contributed by atoms with E-state index in [1.807, 2.05) is 25.2 Å². The highest BCUT2D eigenvalue weighted by Crippen LogP contribution is 2.19. The highest BCUT2D eigenvalue weighted by molar-refractivity contribution is 6.31. The Morgan fingerprint density at radius 2 is 2.27 bits per heavy atom. The summed E-state index contributed by atoms with van der Waals surface area (Å²) in [7, 11) is 0. The van der Waals surface area contributed by atoms with Gasteiger partial charge >= 0.3 is 0 Å². The smallest absolute Gasteiger partial charge is 0.181 e. The second-order valence-electron chi connectivity index (χ2n) is 2.20. The fraction of sp³-hybridized carbons (Fsp3) is 0.125. The molecule has 0 saturated heterocycles. The highest BCUT2D eigenvalue weighted by atomic mass is 35.5. The number of nitriles is 1. The standard InChI is InChI=1S/C8H7ClN2/c1-6-2-3-7(11-5-10)4-8(6)9/h2-4,11H,1H3. The minimum absolute atomic E-state index is 0.672. The number of nitrogens with one attached hydrogen (secondary N) is 1. The summed E-state index contributed by atoms with van der Waals surface area (Å²) < 4.78 is 0. The lowest BCUT2D eigenvalue weighted by Crippen LogP contribution is -1.86. The van der Waals surface area contributed by atoms with Crippen molar-refractivity contribution >= 4 is 17.3 Å². The van der Waals surface area contributed by atoms with Crippen molar-refractivity contribution < 1.29 is 0 Å². The normalized spacial score (nSPS) is 8.82. The Labute approximate surface area is 70.4 Å². The van der Waals surface area contributed by atoms with Gasteiger partial charge in [-0.2, -0.15) is 5.26 Å². The Bertz CT molecular complexity index is 301. The molecule has 1 rings (SSSR count). The summed E-state index contributed by atoms with van der Waals surface area (Å²) in [6.07, 6.45) is 1.82. The summed E-state index contributed by atoms with van der Waals surface area (Å²) in [6, 6.07) is 5.40. The maximum atomic E-state index is 8.28. The molecule has 11 heavy (non-hydrogen) atoms. The molecule has 0 atom stereocenters. The minimum Gasteiger partial charge on any atom is -0.293 e. The first-order valence-electron chi connectivity index (χ1n) is 3.15. The van der Waals surface area contributed by atoms with Crippen LogP contribution >= 0.6 is 11.6 Å². The Kier molecular flexibility index (Phi) is 2.35. The zero-order valence-electron chi connectivity index (χ0n) is 6.06. The van der Waals surface area contributed by atoms with Crippen LogP contribution in [0.25, 0.3) is 0 Å². The molecule has 0 aromatic heterocycles. The topological polar surface area (TPSA) is 35.8 Å². The van der Waals surface area contributed by atoms with E-state index in [1.165, 1.54) is 0 Å². The van der Waals surface area contributed by atoms with Gasteiger partial charge in [0, 0.05) is 10.7 Å². The van der Waals surface area contributed by atoms with Gasteiger partial charge in [-0.25, -0.2) is 0 Å². The van der Waals surface area contributed by atoms with Gasteiger partial charge in [-0.15, -0.1) is 0 Å². The Hall–Kier alpha value is -1.20. The molecule has 0 aliphatic carbocycles. The van der Waals surface area contributed by atoms with E-state index in [-0.39, 0.29) is 0 Å². The number of halogens is 1. The molecule has 0 bridgehead atoms. The van der Waals surface area contributed by atoms with Crippen LogP contribution in [0.2, 0.25) is 5.02 Å². The van der Waals surface area contributed by atoms with Gasteiger partial charge < -0.3 is 0 Å². The van der Waals surface area contributed by atoms with E-state index in [0.717, 1.165) is 11.3 Å². The first-order chi connectivity index (χ1) is 5.24. The molecular weight excluding hydrogens is 160 g/mol. The number of aryl methyl sites for hydroxylation is 1. The number of hydrogen-bond donors (Lipinski definition) is 1. The molecule has 0 heterocycles. The molecule has 1 aromatic rings. The van der Waals surface area contributed by atoms with Gasteiger partial charge in [-0.05, 0) is 24.6 Å². The van der Waals surface area contributed by atoms with Crippen molar-refractivity contribution in [2.45, 2.75) is 6.92 Å². The van der Waals surface area contributed by atoms with Crippen LogP contribution in [0.1, 0.15) is 5.56 Å². The minimum atomic E-state index is 0.672. The molecule has 0 amide bonds. The Balaban J connectivity index is 2.98. The van der Waals surface area contributed by atoms with Crippen molar-refractivity contribution in [3.05, 3.63) is 28.8 Å². The molecule has 0 radical (unpaired) electrons. The number of benzene rings is 1. The molecule has 1 aromatic carbocycles. The molecule has 0 aliphatic rings. The van der Waals surface area contributed by atoms with Gasteiger partial charge in [0.05, 0.1) is 0 Å². The largest absolute Gasteiger partial charge is 0.293 e. The van der Waals surface area contributed by atoms with Crippen molar-refractivity contribution in [1.82, 2.24) is 0 Å². The van der Waals surface area contributed by atoms with Crippen LogP contribution < -0.4 is 5.32 Å². The summed E-state index contributed by atoms with van der Waals surface area (Å²) in [4.78, 5) is 0. The molecular formula is C8H7ClN2. The monoisotopic (exact) mass is 166 g/mol. The van der Waals surface area contributed by atoms with E-state index in [0.29, 0.717) is 5.02 Å². The van der Waals surface area contributed by atoms with Crippen LogP contribution in [0, 0.1) is 18.4 Å². The number of anilines is 1. The molecule has 3 heteroatoms. The van der Waals surface area contributed by atoms with Gasteiger partial charge in [-0.3, -0.25) is 5.32 Å². The van der Waals surface area contributed by atoms with Gasteiger partial charge in [-0.1, -0.05) is 17.7 Å². The fourth-order valence-electron chi connectivity index (χ4n) is 0.735. The molecule has 0 fully saturated rings. The van der Waals surface area contributed by atoms with Crippen LogP contribution in [-0.2, 0) is 0 Å². The maximum absolute atomic E-state index is 8.28. The lowest BCUT2D eigenvalue weighted by molar-refractivity contribution is 1.44. The predicted molar refractivity (Wildman–Crippen MR) is 45.4 cm³/mol. The van der Waals surface area contributed by atoms with Gasteiger partial charge in [0.2, 0.25) is 0 Å². The van der Waals surface area contributed by atoms with E-state index >= 15 is 0 Å². The fourth-order valence-corrected chi connectivity index (χ4v) is 0.916. The third kappa shape index (κ3) is 1.86. The van der Waals surface area contributed by atoms with Gasteiger partial charge in [0.1, 0.15) is 0 Å². The van der Waals surface area contributed by atoms with Crippen molar-refractivity contribution in [2.24, 2.45) is 0 Å². The summed E-state index contributed by atoms with van der Waals surface area (Å²) in [5, 5.41) is 11.4. The first kappa shape index (κ1) is 7.90.